The maximum Gasteiger partial charge on any atom is 1.00 e. The zero-order valence-corrected chi connectivity index (χ0v) is 13.3. The van der Waals surface area contributed by atoms with Gasteiger partial charge >= 0.3 is 29.6 Å². The van der Waals surface area contributed by atoms with E-state index < -0.39 is 15.7 Å². The molecular weight excluding hydrogens is 299 g/mol. The number of H-pyrrole nitrogens is 1. The van der Waals surface area contributed by atoms with E-state index in [2.05, 4.69) is 9.99 Å². The molecule has 1 aromatic carbocycles. The van der Waals surface area contributed by atoms with Crippen LogP contribution in [0.2, 0.25) is 0 Å². The predicted octanol–water partition coefficient (Wildman–Crippen LogP) is -2.94. The molecule has 0 aliphatic heterocycles. The minimum atomic E-state index is -4.52. The summed E-state index contributed by atoms with van der Waals surface area (Å²) in [5.74, 6) is 0. The second-order valence-electron chi connectivity index (χ2n) is 3.68. The molecule has 10 heteroatoms. The Morgan fingerprint density at radius 1 is 1.30 bits per heavy atom. The molecule has 20 heavy (non-hydrogen) atoms. The van der Waals surface area contributed by atoms with E-state index in [1.807, 2.05) is 0 Å². The van der Waals surface area contributed by atoms with Gasteiger partial charge in [0, 0.05) is 6.07 Å². The number of hydrogen-bond donors (Lipinski definition) is 2. The van der Waals surface area contributed by atoms with Gasteiger partial charge < -0.3 is 4.55 Å². The first kappa shape index (κ1) is 17.1. The van der Waals surface area contributed by atoms with Crippen molar-refractivity contribution in [1.29, 1.82) is 0 Å². The molecule has 0 saturated carbocycles. The van der Waals surface area contributed by atoms with E-state index >= 15 is 0 Å². The Labute approximate surface area is 136 Å². The van der Waals surface area contributed by atoms with Gasteiger partial charge in [0.05, 0.1) is 16.3 Å². The van der Waals surface area contributed by atoms with E-state index in [0.29, 0.717) is 11.4 Å². The Bertz CT molecular complexity index is 734. The third kappa shape index (κ3) is 3.79. The first-order chi connectivity index (χ1) is 8.91. The quantitative estimate of drug-likeness (QED) is 0.269. The van der Waals surface area contributed by atoms with Gasteiger partial charge in [0.1, 0.15) is 16.7 Å². The van der Waals surface area contributed by atoms with Crippen molar-refractivity contribution in [3.8, 4) is 5.69 Å². The SMILES string of the molecule is O=c1cc(COO)[nH]n1-c1ccc(S(=O)(=O)[O-])cc1.[Na+]. The van der Waals surface area contributed by atoms with Crippen LogP contribution in [0.15, 0.2) is 40.0 Å². The minimum absolute atomic E-state index is 0. The summed E-state index contributed by atoms with van der Waals surface area (Å²) < 4.78 is 33.4. The van der Waals surface area contributed by atoms with Gasteiger partial charge in [-0.1, -0.05) is 0 Å². The summed E-state index contributed by atoms with van der Waals surface area (Å²) in [7, 11) is -4.52. The molecule has 0 amide bonds. The molecule has 0 bridgehead atoms. The number of aromatic nitrogens is 2. The van der Waals surface area contributed by atoms with Crippen LogP contribution in [0.4, 0.5) is 0 Å². The van der Waals surface area contributed by atoms with Crippen LogP contribution in [0.25, 0.3) is 5.69 Å². The molecule has 0 aliphatic rings. The average molecular weight is 308 g/mol. The third-order valence-corrected chi connectivity index (χ3v) is 3.23. The molecule has 8 nitrogen and oxygen atoms in total. The predicted molar refractivity (Wildman–Crippen MR) is 61.8 cm³/mol. The number of nitrogens with zero attached hydrogens (tertiary/aromatic N) is 1. The first-order valence-corrected chi connectivity index (χ1v) is 6.46. The molecule has 2 aromatic rings. The van der Waals surface area contributed by atoms with Gasteiger partial charge in [-0.25, -0.2) is 18.0 Å². The Kier molecular flexibility index (Phi) is 5.71. The summed E-state index contributed by atoms with van der Waals surface area (Å²) in [5.41, 5.74) is 0.277. The largest absolute Gasteiger partial charge is 1.00 e. The Morgan fingerprint density at radius 3 is 2.40 bits per heavy atom. The van der Waals surface area contributed by atoms with Crippen LogP contribution >= 0.6 is 0 Å². The average Bonchev–Trinajstić information content (AvgIpc) is 2.70. The molecule has 0 saturated heterocycles. The number of aromatic amines is 1. The summed E-state index contributed by atoms with van der Waals surface area (Å²) in [6.07, 6.45) is 0. The van der Waals surface area contributed by atoms with Crippen molar-refractivity contribution in [2.75, 3.05) is 0 Å². The molecular formula is C10H9N2NaO6S. The van der Waals surface area contributed by atoms with Crippen LogP contribution < -0.4 is 35.1 Å². The normalized spacial score (nSPS) is 11.1. The van der Waals surface area contributed by atoms with Gasteiger partial charge in [0.15, 0.2) is 0 Å². The van der Waals surface area contributed by atoms with E-state index in [9.17, 15) is 17.8 Å². The van der Waals surface area contributed by atoms with Crippen molar-refractivity contribution < 1.29 is 52.7 Å². The van der Waals surface area contributed by atoms with Gasteiger partial charge in [-0.05, 0) is 24.3 Å². The number of rotatable bonds is 4. The summed E-state index contributed by atoms with van der Waals surface area (Å²) in [6.45, 7) is -0.185. The van der Waals surface area contributed by atoms with E-state index in [4.69, 9.17) is 5.26 Å². The maximum atomic E-state index is 11.6. The fourth-order valence-corrected chi connectivity index (χ4v) is 2.01. The summed E-state index contributed by atoms with van der Waals surface area (Å²) in [4.78, 5) is 15.1. The standard InChI is InChI=1S/C10H10N2O6S.Na/c13-10-5-7(6-18-14)11-12(10)8-1-3-9(4-2-8)19(15,16)17;/h1-5,11,14H,6H2,(H,15,16,17);/q;+1/p-1. The van der Waals surface area contributed by atoms with E-state index in [0.717, 1.165) is 16.8 Å². The fraction of sp³-hybridized carbons (Fsp3) is 0.100. The summed E-state index contributed by atoms with van der Waals surface area (Å²) in [5, 5.41) is 10.9. The maximum absolute atomic E-state index is 11.6. The van der Waals surface area contributed by atoms with Crippen LogP contribution in [-0.2, 0) is 21.6 Å². The van der Waals surface area contributed by atoms with E-state index in [-0.39, 0.29) is 41.1 Å². The molecule has 0 unspecified atom stereocenters. The molecule has 0 spiro atoms. The van der Waals surface area contributed by atoms with Crippen LogP contribution in [0.3, 0.4) is 0 Å². The Hall–Kier alpha value is -0.940. The van der Waals surface area contributed by atoms with Crippen LogP contribution in [0.1, 0.15) is 5.69 Å². The second-order valence-corrected chi connectivity index (χ2v) is 5.06. The third-order valence-electron chi connectivity index (χ3n) is 2.38. The van der Waals surface area contributed by atoms with Crippen molar-refractivity contribution in [3.63, 3.8) is 0 Å². The van der Waals surface area contributed by atoms with E-state index in [1.54, 1.807) is 0 Å². The van der Waals surface area contributed by atoms with Crippen LogP contribution in [0, 0.1) is 0 Å². The van der Waals surface area contributed by atoms with Crippen molar-refractivity contribution in [2.45, 2.75) is 11.5 Å². The van der Waals surface area contributed by atoms with Gasteiger partial charge in [-0.3, -0.25) is 15.2 Å². The molecule has 102 valence electrons. The summed E-state index contributed by atoms with van der Waals surface area (Å²) >= 11 is 0. The van der Waals surface area contributed by atoms with Crippen LogP contribution in [-0.4, -0.2) is 28.0 Å². The molecule has 0 fully saturated rings. The fourth-order valence-electron chi connectivity index (χ4n) is 1.54. The molecule has 0 radical (unpaired) electrons. The van der Waals surface area contributed by atoms with Crippen molar-refractivity contribution in [3.05, 3.63) is 46.4 Å². The molecule has 1 aromatic heterocycles. The molecule has 0 aliphatic carbocycles. The zero-order chi connectivity index (χ0) is 14.0. The summed E-state index contributed by atoms with van der Waals surface area (Å²) in [6, 6.07) is 6.05. The van der Waals surface area contributed by atoms with Gasteiger partial charge in [-0.2, -0.15) is 0 Å². The van der Waals surface area contributed by atoms with Crippen molar-refractivity contribution in [1.82, 2.24) is 9.78 Å². The minimum Gasteiger partial charge on any atom is -0.744 e. The Morgan fingerprint density at radius 2 is 1.90 bits per heavy atom. The van der Waals surface area contributed by atoms with Crippen LogP contribution in [0.5, 0.6) is 0 Å². The van der Waals surface area contributed by atoms with Gasteiger partial charge in [0.2, 0.25) is 0 Å². The smallest absolute Gasteiger partial charge is 0.744 e. The number of nitrogens with one attached hydrogen (secondary N) is 1. The topological polar surface area (TPSA) is 124 Å². The van der Waals surface area contributed by atoms with Gasteiger partial charge in [0.25, 0.3) is 5.56 Å². The number of hydrogen-bond acceptors (Lipinski definition) is 6. The second kappa shape index (κ2) is 6.68. The monoisotopic (exact) mass is 308 g/mol. The van der Waals surface area contributed by atoms with Crippen molar-refractivity contribution >= 4 is 10.1 Å². The molecule has 2 N–H and O–H groups in total. The molecule has 2 rings (SSSR count). The molecule has 1 heterocycles. The van der Waals surface area contributed by atoms with Crippen molar-refractivity contribution in [2.24, 2.45) is 0 Å². The zero-order valence-electron chi connectivity index (χ0n) is 10.4. The van der Waals surface area contributed by atoms with Gasteiger partial charge in [-0.15, -0.1) is 0 Å². The van der Waals surface area contributed by atoms with E-state index in [1.165, 1.54) is 18.2 Å². The number of benzene rings is 1. The Balaban J connectivity index is 0.00000200. The molecule has 0 atom stereocenters. The first-order valence-electron chi connectivity index (χ1n) is 5.05.